The molecular formula is C19H19NOS2. The van der Waals surface area contributed by atoms with E-state index in [2.05, 4.69) is 77.2 Å². The van der Waals surface area contributed by atoms with E-state index < -0.39 is 0 Å². The first kappa shape index (κ1) is 15.1. The minimum atomic E-state index is 0.0392. The topological polar surface area (TPSA) is 12.5 Å². The maximum Gasteiger partial charge on any atom is 0.147 e. The molecule has 0 radical (unpaired) electrons. The normalized spacial score (nSPS) is 23.2. The highest BCUT2D eigenvalue weighted by Gasteiger charge is 2.40. The van der Waals surface area contributed by atoms with Crippen LogP contribution in [0.4, 0.5) is 0 Å². The van der Waals surface area contributed by atoms with Gasteiger partial charge in [-0.25, -0.2) is 0 Å². The molecule has 118 valence electrons. The average Bonchev–Trinajstić information content (AvgIpc) is 3.35. The third-order valence-electron chi connectivity index (χ3n) is 4.42. The molecule has 3 aromatic rings. The molecule has 0 aliphatic carbocycles. The van der Waals surface area contributed by atoms with Crippen LogP contribution in [0, 0.1) is 0 Å². The van der Waals surface area contributed by atoms with Crippen molar-refractivity contribution in [2.45, 2.75) is 25.2 Å². The van der Waals surface area contributed by atoms with E-state index in [4.69, 9.17) is 4.74 Å². The first-order valence-electron chi connectivity index (χ1n) is 7.85. The SMILES string of the molecule is C[C@@H](c1cccs1)N1[C@@H](c2cccs2)OC[C@H]1c1ccccc1. The fourth-order valence-electron chi connectivity index (χ4n) is 3.27. The Bertz CT molecular complexity index is 724. The van der Waals surface area contributed by atoms with Crippen LogP contribution in [0.25, 0.3) is 0 Å². The van der Waals surface area contributed by atoms with Crippen LogP contribution in [-0.4, -0.2) is 11.5 Å². The number of benzene rings is 1. The largest absolute Gasteiger partial charge is 0.356 e. The highest BCUT2D eigenvalue weighted by Crippen LogP contribution is 2.46. The van der Waals surface area contributed by atoms with Gasteiger partial charge < -0.3 is 4.74 Å². The van der Waals surface area contributed by atoms with Gasteiger partial charge in [0.25, 0.3) is 0 Å². The molecule has 0 unspecified atom stereocenters. The van der Waals surface area contributed by atoms with Crippen molar-refractivity contribution in [2.75, 3.05) is 6.61 Å². The molecule has 3 atom stereocenters. The molecule has 4 heteroatoms. The molecule has 4 rings (SSSR count). The third kappa shape index (κ3) is 2.88. The first-order chi connectivity index (χ1) is 11.3. The van der Waals surface area contributed by atoms with E-state index in [1.54, 1.807) is 11.3 Å². The highest BCUT2D eigenvalue weighted by atomic mass is 32.1. The van der Waals surface area contributed by atoms with Gasteiger partial charge in [0, 0.05) is 15.8 Å². The van der Waals surface area contributed by atoms with Crippen molar-refractivity contribution in [2.24, 2.45) is 0 Å². The van der Waals surface area contributed by atoms with Gasteiger partial charge in [0.1, 0.15) is 6.23 Å². The predicted octanol–water partition coefficient (Wildman–Crippen LogP) is 5.64. The summed E-state index contributed by atoms with van der Waals surface area (Å²) in [7, 11) is 0. The van der Waals surface area contributed by atoms with Gasteiger partial charge in [-0.2, -0.15) is 0 Å². The average molecular weight is 342 g/mol. The second-order valence-electron chi connectivity index (χ2n) is 5.77. The quantitative estimate of drug-likeness (QED) is 0.608. The summed E-state index contributed by atoms with van der Waals surface area (Å²) in [5.74, 6) is 0. The zero-order valence-corrected chi connectivity index (χ0v) is 14.6. The second kappa shape index (κ2) is 6.57. The number of thiophene rings is 2. The molecule has 1 aliphatic heterocycles. The summed E-state index contributed by atoms with van der Waals surface area (Å²) < 4.78 is 6.24. The molecule has 0 bridgehead atoms. The lowest BCUT2D eigenvalue weighted by Gasteiger charge is -2.33. The van der Waals surface area contributed by atoms with E-state index in [1.807, 2.05) is 11.3 Å². The molecule has 1 fully saturated rings. The molecule has 2 aromatic heterocycles. The summed E-state index contributed by atoms with van der Waals surface area (Å²) in [6.07, 6.45) is 0.0392. The van der Waals surface area contributed by atoms with Gasteiger partial charge in [-0.3, -0.25) is 4.90 Å². The van der Waals surface area contributed by atoms with Crippen LogP contribution in [-0.2, 0) is 4.74 Å². The van der Waals surface area contributed by atoms with Gasteiger partial charge >= 0.3 is 0 Å². The van der Waals surface area contributed by atoms with E-state index in [0.29, 0.717) is 12.1 Å². The Morgan fingerprint density at radius 3 is 2.48 bits per heavy atom. The van der Waals surface area contributed by atoms with Crippen molar-refractivity contribution in [1.82, 2.24) is 4.90 Å². The summed E-state index contributed by atoms with van der Waals surface area (Å²) in [6.45, 7) is 3.03. The standard InChI is InChI=1S/C19H19NOS2/c1-14(17-9-5-11-22-17)20-16(15-7-3-2-4-8-15)13-21-19(20)18-10-6-12-23-18/h2-12,14,16,19H,13H2,1H3/t14-,16-,19+/m0/s1. The molecule has 2 nitrogen and oxygen atoms in total. The van der Waals surface area contributed by atoms with Crippen molar-refractivity contribution in [3.05, 3.63) is 80.7 Å². The molecule has 23 heavy (non-hydrogen) atoms. The van der Waals surface area contributed by atoms with E-state index in [9.17, 15) is 0 Å². The summed E-state index contributed by atoms with van der Waals surface area (Å²) in [4.78, 5) is 5.19. The van der Waals surface area contributed by atoms with E-state index in [-0.39, 0.29) is 6.23 Å². The zero-order chi connectivity index (χ0) is 15.6. The molecule has 1 aromatic carbocycles. The van der Waals surface area contributed by atoms with Gasteiger partial charge in [-0.15, -0.1) is 22.7 Å². The fourth-order valence-corrected chi connectivity index (χ4v) is 4.84. The van der Waals surface area contributed by atoms with Crippen LogP contribution in [0.2, 0.25) is 0 Å². The van der Waals surface area contributed by atoms with Crippen LogP contribution in [0.3, 0.4) is 0 Å². The summed E-state index contributed by atoms with van der Waals surface area (Å²) in [5, 5.41) is 4.28. The number of nitrogens with zero attached hydrogens (tertiary/aromatic N) is 1. The Labute approximate surface area is 145 Å². The Morgan fingerprint density at radius 2 is 1.78 bits per heavy atom. The van der Waals surface area contributed by atoms with Gasteiger partial charge in [0.2, 0.25) is 0 Å². The van der Waals surface area contributed by atoms with Crippen LogP contribution in [0.5, 0.6) is 0 Å². The fraction of sp³-hybridized carbons (Fsp3) is 0.263. The minimum absolute atomic E-state index is 0.0392. The zero-order valence-electron chi connectivity index (χ0n) is 13.0. The first-order valence-corrected chi connectivity index (χ1v) is 9.61. The Balaban J connectivity index is 1.72. The smallest absolute Gasteiger partial charge is 0.147 e. The highest BCUT2D eigenvalue weighted by molar-refractivity contribution is 7.10. The summed E-state index contributed by atoms with van der Waals surface area (Å²) in [5.41, 5.74) is 1.33. The Kier molecular flexibility index (Phi) is 4.31. The molecule has 1 saturated heterocycles. The Morgan fingerprint density at radius 1 is 1.00 bits per heavy atom. The van der Waals surface area contributed by atoms with Crippen LogP contribution in [0.15, 0.2) is 65.4 Å². The lowest BCUT2D eigenvalue weighted by Crippen LogP contribution is -2.29. The predicted molar refractivity (Wildman–Crippen MR) is 96.8 cm³/mol. The molecule has 0 amide bonds. The van der Waals surface area contributed by atoms with E-state index in [0.717, 1.165) is 6.61 Å². The summed E-state index contributed by atoms with van der Waals surface area (Å²) in [6, 6.07) is 20.0. The molecular weight excluding hydrogens is 322 g/mol. The Hall–Kier alpha value is -1.46. The number of ether oxygens (including phenoxy) is 1. The molecule has 3 heterocycles. The van der Waals surface area contributed by atoms with Crippen LogP contribution in [0.1, 0.15) is 40.6 Å². The minimum Gasteiger partial charge on any atom is -0.356 e. The maximum absolute atomic E-state index is 6.24. The molecule has 0 saturated carbocycles. The third-order valence-corrected chi connectivity index (χ3v) is 6.36. The van der Waals surface area contributed by atoms with Crippen LogP contribution < -0.4 is 0 Å². The lowest BCUT2D eigenvalue weighted by molar-refractivity contribution is 0.0113. The van der Waals surface area contributed by atoms with Gasteiger partial charge in [0.05, 0.1) is 12.6 Å². The monoisotopic (exact) mass is 341 g/mol. The van der Waals surface area contributed by atoms with Crippen molar-refractivity contribution in [1.29, 1.82) is 0 Å². The number of hydrogen-bond acceptors (Lipinski definition) is 4. The van der Waals surface area contributed by atoms with Crippen molar-refractivity contribution in [3.63, 3.8) is 0 Å². The van der Waals surface area contributed by atoms with Gasteiger partial charge in [-0.05, 0) is 35.4 Å². The molecule has 1 aliphatic rings. The molecule has 0 spiro atoms. The van der Waals surface area contributed by atoms with E-state index in [1.165, 1.54) is 15.3 Å². The van der Waals surface area contributed by atoms with E-state index >= 15 is 0 Å². The van der Waals surface area contributed by atoms with Gasteiger partial charge in [0.15, 0.2) is 0 Å². The second-order valence-corrected chi connectivity index (χ2v) is 7.72. The molecule has 0 N–H and O–H groups in total. The van der Waals surface area contributed by atoms with Crippen molar-refractivity contribution in [3.8, 4) is 0 Å². The summed E-state index contributed by atoms with van der Waals surface area (Å²) >= 11 is 3.59. The number of rotatable bonds is 4. The lowest BCUT2D eigenvalue weighted by atomic mass is 10.0. The van der Waals surface area contributed by atoms with Gasteiger partial charge in [-0.1, -0.05) is 42.5 Å². The number of hydrogen-bond donors (Lipinski definition) is 0. The van der Waals surface area contributed by atoms with Crippen LogP contribution >= 0.6 is 22.7 Å². The van der Waals surface area contributed by atoms with Crippen molar-refractivity contribution < 1.29 is 4.74 Å². The maximum atomic E-state index is 6.24. The van der Waals surface area contributed by atoms with Crippen molar-refractivity contribution >= 4 is 22.7 Å².